The minimum atomic E-state index is -3.76. The summed E-state index contributed by atoms with van der Waals surface area (Å²) in [5.74, 6) is -0.978. The molecule has 8 nitrogen and oxygen atoms in total. The summed E-state index contributed by atoms with van der Waals surface area (Å²) in [7, 11) is -1.14. The number of sulfone groups is 1. The molecule has 0 aliphatic heterocycles. The van der Waals surface area contributed by atoms with E-state index in [1.807, 2.05) is 0 Å². The summed E-state index contributed by atoms with van der Waals surface area (Å²) in [5.41, 5.74) is -0.798. The standard InChI is InChI=1S/C10H12F2N4O4S/c1-16-9(10(11)12)7(13-15-16)5-21(17,18)4-6-3-8(19-2)14-20-6/h3,10H,4-5H2,1-2H3. The molecule has 0 amide bonds. The Morgan fingerprint density at radius 1 is 1.43 bits per heavy atom. The van der Waals surface area contributed by atoms with Gasteiger partial charge in [-0.15, -0.1) is 5.10 Å². The summed E-state index contributed by atoms with van der Waals surface area (Å²) in [6.07, 6.45) is -2.86. The smallest absolute Gasteiger partial charge is 0.281 e. The number of rotatable bonds is 6. The van der Waals surface area contributed by atoms with Crippen LogP contribution in [-0.4, -0.2) is 35.7 Å². The minimum Gasteiger partial charge on any atom is -0.479 e. The first-order valence-electron chi connectivity index (χ1n) is 5.69. The van der Waals surface area contributed by atoms with Gasteiger partial charge in [0.2, 0.25) is 0 Å². The molecule has 0 saturated heterocycles. The molecule has 0 aromatic carbocycles. The van der Waals surface area contributed by atoms with E-state index in [1.54, 1.807) is 0 Å². The van der Waals surface area contributed by atoms with Gasteiger partial charge >= 0.3 is 0 Å². The topological polar surface area (TPSA) is 100 Å². The van der Waals surface area contributed by atoms with E-state index in [9.17, 15) is 17.2 Å². The van der Waals surface area contributed by atoms with E-state index < -0.39 is 33.5 Å². The molecular formula is C10H12F2N4O4S. The highest BCUT2D eigenvalue weighted by atomic mass is 32.2. The molecule has 2 aromatic rings. The van der Waals surface area contributed by atoms with Crippen LogP contribution in [-0.2, 0) is 28.4 Å². The summed E-state index contributed by atoms with van der Waals surface area (Å²) in [6, 6.07) is 1.31. The van der Waals surface area contributed by atoms with Crippen molar-refractivity contribution >= 4 is 9.84 Å². The lowest BCUT2D eigenvalue weighted by molar-refractivity contribution is 0.140. The monoisotopic (exact) mass is 322 g/mol. The molecule has 0 bridgehead atoms. The molecule has 11 heteroatoms. The van der Waals surface area contributed by atoms with Crippen LogP contribution in [0.15, 0.2) is 10.6 Å². The highest BCUT2D eigenvalue weighted by Gasteiger charge is 2.25. The van der Waals surface area contributed by atoms with Gasteiger partial charge in [0, 0.05) is 13.1 Å². The quantitative estimate of drug-likeness (QED) is 0.777. The molecular weight excluding hydrogens is 310 g/mol. The van der Waals surface area contributed by atoms with Gasteiger partial charge < -0.3 is 9.26 Å². The van der Waals surface area contributed by atoms with Crippen molar-refractivity contribution in [2.75, 3.05) is 7.11 Å². The van der Waals surface area contributed by atoms with E-state index in [-0.39, 0.29) is 17.3 Å². The van der Waals surface area contributed by atoms with Crippen molar-refractivity contribution in [3.05, 3.63) is 23.2 Å². The third-order valence-corrected chi connectivity index (χ3v) is 4.05. The molecule has 0 unspecified atom stereocenters. The van der Waals surface area contributed by atoms with Crippen molar-refractivity contribution in [2.24, 2.45) is 7.05 Å². The number of nitrogens with zero attached hydrogens (tertiary/aromatic N) is 4. The van der Waals surface area contributed by atoms with Crippen molar-refractivity contribution in [1.82, 2.24) is 20.2 Å². The number of methoxy groups -OCH3 is 1. The normalized spacial score (nSPS) is 12.0. The van der Waals surface area contributed by atoms with Gasteiger partial charge in [0.05, 0.1) is 12.9 Å². The van der Waals surface area contributed by atoms with Crippen LogP contribution in [0.5, 0.6) is 5.88 Å². The Bertz CT molecular complexity index is 725. The third kappa shape index (κ3) is 3.54. The summed E-state index contributed by atoms with van der Waals surface area (Å²) in [4.78, 5) is 0. The van der Waals surface area contributed by atoms with Crippen molar-refractivity contribution in [3.63, 3.8) is 0 Å². The molecule has 0 N–H and O–H groups in total. The van der Waals surface area contributed by atoms with Crippen LogP contribution in [0.3, 0.4) is 0 Å². The predicted molar refractivity (Wildman–Crippen MR) is 65.3 cm³/mol. The zero-order valence-corrected chi connectivity index (χ0v) is 12.0. The molecule has 0 aliphatic rings. The van der Waals surface area contributed by atoms with E-state index in [0.29, 0.717) is 0 Å². The summed E-state index contributed by atoms with van der Waals surface area (Å²) >= 11 is 0. The van der Waals surface area contributed by atoms with Crippen molar-refractivity contribution in [3.8, 4) is 5.88 Å². The van der Waals surface area contributed by atoms with Crippen LogP contribution in [0.25, 0.3) is 0 Å². The lowest BCUT2D eigenvalue weighted by Crippen LogP contribution is -2.10. The first-order valence-corrected chi connectivity index (χ1v) is 7.51. The van der Waals surface area contributed by atoms with Crippen LogP contribution in [0, 0.1) is 0 Å². The summed E-state index contributed by atoms with van der Waals surface area (Å²) in [5, 5.41) is 10.3. The van der Waals surface area contributed by atoms with Gasteiger partial charge in [0.1, 0.15) is 17.1 Å². The van der Waals surface area contributed by atoms with Crippen molar-refractivity contribution in [2.45, 2.75) is 17.9 Å². The predicted octanol–water partition coefficient (Wildman–Crippen LogP) is 0.864. The zero-order valence-electron chi connectivity index (χ0n) is 11.2. The van der Waals surface area contributed by atoms with Crippen molar-refractivity contribution < 1.29 is 26.5 Å². The van der Waals surface area contributed by atoms with Gasteiger partial charge in [-0.2, -0.15) is 0 Å². The molecule has 2 rings (SSSR count). The molecule has 21 heavy (non-hydrogen) atoms. The molecule has 2 heterocycles. The second kappa shape index (κ2) is 5.76. The van der Waals surface area contributed by atoms with E-state index in [1.165, 1.54) is 20.2 Å². The van der Waals surface area contributed by atoms with Gasteiger partial charge in [0.15, 0.2) is 15.6 Å². The largest absolute Gasteiger partial charge is 0.479 e. The summed E-state index contributed by atoms with van der Waals surface area (Å²) in [6.45, 7) is 0. The highest BCUT2D eigenvalue weighted by molar-refractivity contribution is 7.89. The molecule has 0 spiro atoms. The minimum absolute atomic E-state index is 0.0503. The fourth-order valence-corrected chi connectivity index (χ4v) is 3.01. The van der Waals surface area contributed by atoms with Gasteiger partial charge in [-0.3, -0.25) is 0 Å². The van der Waals surface area contributed by atoms with Crippen LogP contribution >= 0.6 is 0 Å². The number of aryl methyl sites for hydroxylation is 1. The SMILES string of the molecule is COc1cc(CS(=O)(=O)Cc2nnn(C)c2C(F)F)on1. The fourth-order valence-electron chi connectivity index (χ4n) is 1.71. The van der Waals surface area contributed by atoms with Gasteiger partial charge in [-0.25, -0.2) is 21.9 Å². The first kappa shape index (κ1) is 15.4. The lowest BCUT2D eigenvalue weighted by Gasteiger charge is -2.03. The lowest BCUT2D eigenvalue weighted by atomic mass is 10.3. The Balaban J connectivity index is 2.18. The number of aromatic nitrogens is 4. The maximum Gasteiger partial charge on any atom is 0.281 e. The van der Waals surface area contributed by atoms with E-state index >= 15 is 0 Å². The fraction of sp³-hybridized carbons (Fsp3) is 0.500. The molecule has 2 aromatic heterocycles. The summed E-state index contributed by atoms with van der Waals surface area (Å²) < 4.78 is 60.0. The average molecular weight is 322 g/mol. The van der Waals surface area contributed by atoms with Crippen molar-refractivity contribution in [1.29, 1.82) is 0 Å². The molecule has 0 aliphatic carbocycles. The number of hydrogen-bond donors (Lipinski definition) is 0. The number of alkyl halides is 2. The van der Waals surface area contributed by atoms with Gasteiger partial charge in [-0.1, -0.05) is 5.21 Å². The first-order chi connectivity index (χ1) is 9.82. The third-order valence-electron chi connectivity index (χ3n) is 2.62. The highest BCUT2D eigenvalue weighted by Crippen LogP contribution is 2.23. The van der Waals surface area contributed by atoms with E-state index in [2.05, 4.69) is 15.5 Å². The maximum atomic E-state index is 12.8. The average Bonchev–Trinajstić information content (AvgIpc) is 2.95. The molecule has 0 saturated carbocycles. The Kier molecular flexibility index (Phi) is 4.21. The van der Waals surface area contributed by atoms with E-state index in [0.717, 1.165) is 4.68 Å². The second-order valence-corrected chi connectivity index (χ2v) is 6.28. The molecule has 0 radical (unpaired) electrons. The second-order valence-electron chi connectivity index (χ2n) is 4.21. The van der Waals surface area contributed by atoms with Crippen LogP contribution in [0.2, 0.25) is 0 Å². The number of ether oxygens (including phenoxy) is 1. The maximum absolute atomic E-state index is 12.8. The van der Waals surface area contributed by atoms with Crippen LogP contribution < -0.4 is 4.74 Å². The van der Waals surface area contributed by atoms with Gasteiger partial charge in [0.25, 0.3) is 12.3 Å². The zero-order chi connectivity index (χ0) is 15.6. The Morgan fingerprint density at radius 2 is 2.14 bits per heavy atom. The Morgan fingerprint density at radius 3 is 2.71 bits per heavy atom. The Labute approximate surface area is 118 Å². The molecule has 116 valence electrons. The van der Waals surface area contributed by atoms with Crippen LogP contribution in [0.1, 0.15) is 23.6 Å². The van der Waals surface area contributed by atoms with Crippen LogP contribution in [0.4, 0.5) is 8.78 Å². The van der Waals surface area contributed by atoms with E-state index in [4.69, 9.17) is 9.26 Å². The molecule has 0 fully saturated rings. The van der Waals surface area contributed by atoms with Gasteiger partial charge in [-0.05, 0) is 5.16 Å². The molecule has 0 atom stereocenters. The number of halogens is 2. The Hall–Kier alpha value is -2.04. The number of hydrogen-bond acceptors (Lipinski definition) is 7.